The Morgan fingerprint density at radius 3 is 2.80 bits per heavy atom. The van der Waals surface area contributed by atoms with E-state index in [2.05, 4.69) is 0 Å². The number of halogens is 1. The van der Waals surface area contributed by atoms with Crippen LogP contribution in [0.1, 0.15) is 17.5 Å². The predicted octanol–water partition coefficient (Wildman–Crippen LogP) is 1.46. The second kappa shape index (κ2) is 5.72. The molecule has 0 unspecified atom stereocenters. The summed E-state index contributed by atoms with van der Waals surface area (Å²) in [7, 11) is -3.21. The molecule has 1 aromatic rings. The number of aliphatic carboxylic acids is 1. The Balaban J connectivity index is 2.21. The van der Waals surface area contributed by atoms with Gasteiger partial charge in [-0.05, 0) is 30.2 Å². The minimum absolute atomic E-state index is 0.126. The van der Waals surface area contributed by atoms with Gasteiger partial charge in [0.1, 0.15) is 5.82 Å². The van der Waals surface area contributed by atoms with Crippen molar-refractivity contribution in [3.8, 4) is 0 Å². The quantitative estimate of drug-likeness (QED) is 0.854. The van der Waals surface area contributed by atoms with Crippen molar-refractivity contribution in [1.82, 2.24) is 4.31 Å². The second-order valence-electron chi connectivity index (χ2n) is 4.53. The van der Waals surface area contributed by atoms with Gasteiger partial charge in [-0.15, -0.1) is 0 Å². The molecule has 108 valence electrons. The molecule has 1 heterocycles. The first kappa shape index (κ1) is 14.7. The maximum atomic E-state index is 13.5. The van der Waals surface area contributed by atoms with Crippen molar-refractivity contribution >= 4 is 22.1 Å². The molecule has 1 fully saturated rings. The lowest BCUT2D eigenvalue weighted by Crippen LogP contribution is -2.25. The van der Waals surface area contributed by atoms with Gasteiger partial charge in [0, 0.05) is 24.7 Å². The van der Waals surface area contributed by atoms with Gasteiger partial charge in [-0.3, -0.25) is 0 Å². The Hall–Kier alpha value is -1.73. The van der Waals surface area contributed by atoms with E-state index in [0.717, 1.165) is 12.2 Å². The van der Waals surface area contributed by atoms with Crippen molar-refractivity contribution in [2.24, 2.45) is 0 Å². The van der Waals surface area contributed by atoms with Gasteiger partial charge < -0.3 is 5.11 Å². The number of sulfonamides is 1. The summed E-state index contributed by atoms with van der Waals surface area (Å²) in [5, 5.41) is 8.54. The Morgan fingerprint density at radius 1 is 1.45 bits per heavy atom. The molecule has 5 nitrogen and oxygen atoms in total. The first-order valence-electron chi connectivity index (χ1n) is 6.06. The zero-order valence-electron chi connectivity index (χ0n) is 10.6. The topological polar surface area (TPSA) is 74.7 Å². The number of carboxylic acids is 1. The van der Waals surface area contributed by atoms with E-state index in [0.29, 0.717) is 18.5 Å². The predicted molar refractivity (Wildman–Crippen MR) is 71.9 cm³/mol. The molecule has 20 heavy (non-hydrogen) atoms. The summed E-state index contributed by atoms with van der Waals surface area (Å²) in [4.78, 5) is 10.4. The first-order chi connectivity index (χ1) is 9.38. The Bertz CT molecular complexity index is 654. The van der Waals surface area contributed by atoms with Crippen molar-refractivity contribution in [3.05, 3.63) is 41.2 Å². The van der Waals surface area contributed by atoms with Gasteiger partial charge in [0.2, 0.25) is 10.0 Å². The van der Waals surface area contributed by atoms with Crippen molar-refractivity contribution in [3.63, 3.8) is 0 Å². The lowest BCUT2D eigenvalue weighted by molar-refractivity contribution is -0.131. The number of carboxylic acid groups (broad SMARTS) is 1. The molecule has 0 spiro atoms. The largest absolute Gasteiger partial charge is 0.478 e. The summed E-state index contributed by atoms with van der Waals surface area (Å²) < 4.78 is 38.2. The van der Waals surface area contributed by atoms with Crippen LogP contribution in [0.15, 0.2) is 24.3 Å². The van der Waals surface area contributed by atoms with Gasteiger partial charge in [0.15, 0.2) is 0 Å². The van der Waals surface area contributed by atoms with Crippen molar-refractivity contribution in [2.45, 2.75) is 13.0 Å². The van der Waals surface area contributed by atoms with Gasteiger partial charge >= 0.3 is 5.97 Å². The van der Waals surface area contributed by atoms with Gasteiger partial charge in [-0.2, -0.15) is 4.31 Å². The van der Waals surface area contributed by atoms with Gasteiger partial charge in [0.05, 0.1) is 5.75 Å². The van der Waals surface area contributed by atoms with Crippen LogP contribution in [0.2, 0.25) is 0 Å². The first-order valence-corrected chi connectivity index (χ1v) is 7.67. The smallest absolute Gasteiger partial charge is 0.328 e. The van der Waals surface area contributed by atoms with Crippen molar-refractivity contribution in [1.29, 1.82) is 0 Å². The van der Waals surface area contributed by atoms with E-state index in [1.807, 2.05) is 0 Å². The Labute approximate surface area is 116 Å². The molecule has 1 aliphatic rings. The minimum atomic E-state index is -3.21. The molecule has 0 amide bonds. The maximum absolute atomic E-state index is 13.5. The van der Waals surface area contributed by atoms with Crippen molar-refractivity contribution in [2.75, 3.05) is 12.3 Å². The van der Waals surface area contributed by atoms with E-state index < -0.39 is 21.8 Å². The monoisotopic (exact) mass is 299 g/mol. The SMILES string of the molecule is O=C(O)C=Cc1cc(CN2CCCS2(=O)=O)ccc1F. The highest BCUT2D eigenvalue weighted by molar-refractivity contribution is 7.89. The Morgan fingerprint density at radius 2 is 2.20 bits per heavy atom. The normalized spacial score (nSPS) is 18.6. The van der Waals surface area contributed by atoms with Crippen molar-refractivity contribution < 1.29 is 22.7 Å². The van der Waals surface area contributed by atoms with E-state index in [-0.39, 0.29) is 17.9 Å². The summed E-state index contributed by atoms with van der Waals surface area (Å²) in [6, 6.07) is 4.17. The molecule has 0 atom stereocenters. The third kappa shape index (κ3) is 3.43. The molecular formula is C13H14FNO4S. The summed E-state index contributed by atoms with van der Waals surface area (Å²) in [5.41, 5.74) is 0.753. The van der Waals surface area contributed by atoms with Gasteiger partial charge in [-0.1, -0.05) is 6.07 Å². The van der Waals surface area contributed by atoms with E-state index in [4.69, 9.17) is 5.11 Å². The summed E-state index contributed by atoms with van der Waals surface area (Å²) in [5.74, 6) is -1.58. The fourth-order valence-corrected chi connectivity index (χ4v) is 3.56. The standard InChI is InChI=1S/C13H14FNO4S/c14-12-4-2-10(8-11(12)3-5-13(16)17)9-15-6-1-7-20(15,18)19/h2-5,8H,1,6-7,9H2,(H,16,17). The van der Waals surface area contributed by atoms with Crippen LogP contribution in [0.3, 0.4) is 0 Å². The number of nitrogens with zero attached hydrogens (tertiary/aromatic N) is 1. The van der Waals surface area contributed by atoms with Crippen LogP contribution in [-0.4, -0.2) is 36.1 Å². The van der Waals surface area contributed by atoms with E-state index in [1.165, 1.54) is 22.5 Å². The lowest BCUT2D eigenvalue weighted by atomic mass is 10.1. The van der Waals surface area contributed by atoms with E-state index in [9.17, 15) is 17.6 Å². The molecule has 0 bridgehead atoms. The molecule has 0 radical (unpaired) electrons. The average Bonchev–Trinajstić information content (AvgIpc) is 2.69. The van der Waals surface area contributed by atoms with E-state index in [1.54, 1.807) is 0 Å². The number of hydrogen-bond donors (Lipinski definition) is 1. The maximum Gasteiger partial charge on any atom is 0.328 e. The molecule has 0 aliphatic carbocycles. The number of hydrogen-bond acceptors (Lipinski definition) is 3. The molecule has 1 aliphatic heterocycles. The third-order valence-electron chi connectivity index (χ3n) is 3.03. The van der Waals surface area contributed by atoms with Crippen LogP contribution in [0.4, 0.5) is 4.39 Å². The number of rotatable bonds is 4. The second-order valence-corrected chi connectivity index (χ2v) is 6.62. The van der Waals surface area contributed by atoms with E-state index >= 15 is 0 Å². The molecule has 7 heteroatoms. The van der Waals surface area contributed by atoms with Crippen LogP contribution in [0.25, 0.3) is 6.08 Å². The highest BCUT2D eigenvalue weighted by atomic mass is 32.2. The summed E-state index contributed by atoms with van der Waals surface area (Å²) >= 11 is 0. The summed E-state index contributed by atoms with van der Waals surface area (Å²) in [6.07, 6.45) is 2.59. The molecule has 0 aromatic heterocycles. The van der Waals surface area contributed by atoms with Crippen LogP contribution in [0, 0.1) is 5.82 Å². The number of carbonyl (C=O) groups is 1. The minimum Gasteiger partial charge on any atom is -0.478 e. The molecule has 1 saturated heterocycles. The fourth-order valence-electron chi connectivity index (χ4n) is 2.05. The lowest BCUT2D eigenvalue weighted by Gasteiger charge is -2.14. The van der Waals surface area contributed by atoms with Crippen LogP contribution in [-0.2, 0) is 21.4 Å². The average molecular weight is 299 g/mol. The fraction of sp³-hybridized carbons (Fsp3) is 0.308. The van der Waals surface area contributed by atoms with Gasteiger partial charge in [0.25, 0.3) is 0 Å². The molecule has 1 N–H and O–H groups in total. The number of benzene rings is 1. The molecule has 1 aromatic carbocycles. The Kier molecular flexibility index (Phi) is 4.20. The van der Waals surface area contributed by atoms with Crippen LogP contribution in [0.5, 0.6) is 0 Å². The highest BCUT2D eigenvalue weighted by Crippen LogP contribution is 2.19. The van der Waals surface area contributed by atoms with Gasteiger partial charge in [-0.25, -0.2) is 17.6 Å². The zero-order chi connectivity index (χ0) is 14.8. The molecule has 2 rings (SSSR count). The summed E-state index contributed by atoms with van der Waals surface area (Å²) in [6.45, 7) is 0.635. The van der Waals surface area contributed by atoms with Crippen LogP contribution < -0.4 is 0 Å². The van der Waals surface area contributed by atoms with Crippen LogP contribution >= 0.6 is 0 Å². The highest BCUT2D eigenvalue weighted by Gasteiger charge is 2.28. The zero-order valence-corrected chi connectivity index (χ0v) is 11.4. The third-order valence-corrected chi connectivity index (χ3v) is 4.93. The molecule has 0 saturated carbocycles. The molecular weight excluding hydrogens is 285 g/mol.